The summed E-state index contributed by atoms with van der Waals surface area (Å²) in [5.74, 6) is 0.947. The van der Waals surface area contributed by atoms with Crippen LogP contribution in [0.5, 0.6) is 5.75 Å². The molecule has 1 atom stereocenters. The second-order valence-corrected chi connectivity index (χ2v) is 5.45. The number of anilines is 1. The summed E-state index contributed by atoms with van der Waals surface area (Å²) in [6, 6.07) is 17.2. The van der Waals surface area contributed by atoms with Gasteiger partial charge in [0, 0.05) is 18.3 Å². The van der Waals surface area contributed by atoms with E-state index >= 15 is 0 Å². The summed E-state index contributed by atoms with van der Waals surface area (Å²) in [7, 11) is 1.72. The molecule has 2 nitrogen and oxygen atoms in total. The maximum atomic E-state index is 5.31. The van der Waals surface area contributed by atoms with Crippen molar-refractivity contribution < 1.29 is 4.74 Å². The summed E-state index contributed by atoms with van der Waals surface area (Å²) in [5, 5.41) is 0. The van der Waals surface area contributed by atoms with E-state index in [1.165, 1.54) is 16.8 Å². The van der Waals surface area contributed by atoms with E-state index in [0.717, 1.165) is 18.7 Å². The molecule has 0 unspecified atom stereocenters. The van der Waals surface area contributed by atoms with Crippen molar-refractivity contribution in [2.24, 2.45) is 0 Å². The lowest BCUT2D eigenvalue weighted by Crippen LogP contribution is -2.29. The number of rotatable bonds is 4. The van der Waals surface area contributed by atoms with Crippen LogP contribution in [0.1, 0.15) is 18.1 Å². The Bertz CT molecular complexity index is 633. The molecule has 0 aliphatic carbocycles. The van der Waals surface area contributed by atoms with E-state index in [1.807, 2.05) is 12.1 Å². The zero-order chi connectivity index (χ0) is 14.7. The molecule has 0 aromatic heterocycles. The van der Waals surface area contributed by atoms with Gasteiger partial charge in [0.25, 0.3) is 0 Å². The molecule has 0 radical (unpaired) electrons. The molecular weight excluding hydrogens is 258 g/mol. The van der Waals surface area contributed by atoms with Crippen LogP contribution in [0.3, 0.4) is 0 Å². The molecule has 0 amide bonds. The third kappa shape index (κ3) is 2.94. The van der Waals surface area contributed by atoms with Gasteiger partial charge in [0.2, 0.25) is 0 Å². The molecule has 0 bridgehead atoms. The molecule has 1 aliphatic heterocycles. The molecule has 0 saturated heterocycles. The highest BCUT2D eigenvalue weighted by Gasteiger charge is 2.22. The predicted octanol–water partition coefficient (Wildman–Crippen LogP) is 4.16. The zero-order valence-corrected chi connectivity index (χ0v) is 12.6. The van der Waals surface area contributed by atoms with Crippen LogP contribution in [-0.4, -0.2) is 19.7 Å². The van der Waals surface area contributed by atoms with Gasteiger partial charge in [-0.15, -0.1) is 0 Å². The molecule has 2 aromatic rings. The second kappa shape index (κ2) is 6.04. The summed E-state index contributed by atoms with van der Waals surface area (Å²) < 4.78 is 5.31. The van der Waals surface area contributed by atoms with E-state index < -0.39 is 0 Å². The van der Waals surface area contributed by atoms with E-state index in [9.17, 15) is 0 Å². The van der Waals surface area contributed by atoms with Crippen molar-refractivity contribution in [1.82, 2.24) is 0 Å². The van der Waals surface area contributed by atoms with Gasteiger partial charge in [0.15, 0.2) is 0 Å². The topological polar surface area (TPSA) is 12.5 Å². The summed E-state index contributed by atoms with van der Waals surface area (Å²) in [4.78, 5) is 2.45. The fraction of sp³-hybridized carbons (Fsp3) is 0.263. The summed E-state index contributed by atoms with van der Waals surface area (Å²) in [5.41, 5.74) is 3.97. The minimum Gasteiger partial charge on any atom is -0.497 e. The van der Waals surface area contributed by atoms with Gasteiger partial charge in [0.1, 0.15) is 5.75 Å². The lowest BCUT2D eigenvalue weighted by atomic mass is 10.1. The summed E-state index contributed by atoms with van der Waals surface area (Å²) in [6.45, 7) is 3.32. The maximum Gasteiger partial charge on any atom is 0.119 e. The van der Waals surface area contributed by atoms with E-state index in [1.54, 1.807) is 7.11 Å². The Morgan fingerprint density at radius 2 is 1.95 bits per heavy atom. The first kappa shape index (κ1) is 13.7. The van der Waals surface area contributed by atoms with Gasteiger partial charge in [-0.05, 0) is 42.7 Å². The highest BCUT2D eigenvalue weighted by Crippen LogP contribution is 2.32. The van der Waals surface area contributed by atoms with Crippen LogP contribution < -0.4 is 9.64 Å². The van der Waals surface area contributed by atoms with Crippen molar-refractivity contribution in [2.75, 3.05) is 18.6 Å². The van der Waals surface area contributed by atoms with Gasteiger partial charge in [-0.25, -0.2) is 0 Å². The highest BCUT2D eigenvalue weighted by atomic mass is 16.5. The number of hydrogen-bond acceptors (Lipinski definition) is 2. The molecule has 0 saturated carbocycles. The monoisotopic (exact) mass is 279 g/mol. The van der Waals surface area contributed by atoms with Crippen LogP contribution in [0.15, 0.2) is 54.6 Å². The number of methoxy groups -OCH3 is 1. The first-order chi connectivity index (χ1) is 10.3. The first-order valence-electron chi connectivity index (χ1n) is 7.45. The molecule has 1 heterocycles. The van der Waals surface area contributed by atoms with Crippen LogP contribution in [-0.2, 0) is 6.42 Å². The largest absolute Gasteiger partial charge is 0.497 e. The lowest BCUT2D eigenvalue weighted by Gasteiger charge is -2.25. The SMILES string of the molecule is COc1ccc2c(c1)CCN2[C@H](C)/C=C/c1ccccc1. The quantitative estimate of drug-likeness (QED) is 0.833. The third-order valence-electron chi connectivity index (χ3n) is 4.08. The van der Waals surface area contributed by atoms with Crippen molar-refractivity contribution >= 4 is 11.8 Å². The van der Waals surface area contributed by atoms with Crippen LogP contribution in [0.25, 0.3) is 6.08 Å². The molecule has 3 rings (SSSR count). The Morgan fingerprint density at radius 1 is 1.14 bits per heavy atom. The standard InChI is InChI=1S/C19H21NO/c1-15(8-9-16-6-4-3-5-7-16)20-13-12-17-14-18(21-2)10-11-19(17)20/h3-11,14-15H,12-13H2,1-2H3/b9-8+/t15-/m1/s1. The number of nitrogens with zero attached hydrogens (tertiary/aromatic N) is 1. The Labute approximate surface area is 126 Å². The van der Waals surface area contributed by atoms with Gasteiger partial charge in [0.05, 0.1) is 7.11 Å². The average Bonchev–Trinajstić information content (AvgIpc) is 2.96. The molecular formula is C19H21NO. The Morgan fingerprint density at radius 3 is 2.71 bits per heavy atom. The Balaban J connectivity index is 1.76. The minimum atomic E-state index is 0.389. The average molecular weight is 279 g/mol. The normalized spacial score (nSPS) is 15.2. The minimum absolute atomic E-state index is 0.389. The van der Waals surface area contributed by atoms with Crippen molar-refractivity contribution in [2.45, 2.75) is 19.4 Å². The van der Waals surface area contributed by atoms with Crippen LogP contribution in [0.4, 0.5) is 5.69 Å². The van der Waals surface area contributed by atoms with E-state index in [4.69, 9.17) is 4.74 Å². The third-order valence-corrected chi connectivity index (χ3v) is 4.08. The predicted molar refractivity (Wildman–Crippen MR) is 89.0 cm³/mol. The number of fused-ring (bicyclic) bond motifs is 1. The van der Waals surface area contributed by atoms with E-state index in [2.05, 4.69) is 60.4 Å². The molecule has 0 fully saturated rings. The van der Waals surface area contributed by atoms with Gasteiger partial charge < -0.3 is 9.64 Å². The van der Waals surface area contributed by atoms with Gasteiger partial charge >= 0.3 is 0 Å². The highest BCUT2D eigenvalue weighted by molar-refractivity contribution is 5.62. The van der Waals surface area contributed by atoms with E-state index in [0.29, 0.717) is 6.04 Å². The van der Waals surface area contributed by atoms with Crippen molar-refractivity contribution in [3.05, 3.63) is 65.7 Å². The molecule has 1 aliphatic rings. The molecule has 0 N–H and O–H groups in total. The molecule has 108 valence electrons. The van der Waals surface area contributed by atoms with Gasteiger partial charge in [-0.2, -0.15) is 0 Å². The van der Waals surface area contributed by atoms with Crippen LogP contribution in [0, 0.1) is 0 Å². The zero-order valence-electron chi connectivity index (χ0n) is 12.6. The first-order valence-corrected chi connectivity index (χ1v) is 7.45. The van der Waals surface area contributed by atoms with Gasteiger partial charge in [-0.1, -0.05) is 42.5 Å². The molecule has 2 aromatic carbocycles. The molecule has 2 heteroatoms. The van der Waals surface area contributed by atoms with Crippen LogP contribution in [0.2, 0.25) is 0 Å². The number of ether oxygens (including phenoxy) is 1. The smallest absolute Gasteiger partial charge is 0.119 e. The van der Waals surface area contributed by atoms with Gasteiger partial charge in [-0.3, -0.25) is 0 Å². The van der Waals surface area contributed by atoms with Crippen molar-refractivity contribution in [1.29, 1.82) is 0 Å². The number of hydrogen-bond donors (Lipinski definition) is 0. The van der Waals surface area contributed by atoms with Crippen molar-refractivity contribution in [3.63, 3.8) is 0 Å². The lowest BCUT2D eigenvalue weighted by molar-refractivity contribution is 0.414. The summed E-state index contributed by atoms with van der Waals surface area (Å²) >= 11 is 0. The van der Waals surface area contributed by atoms with Crippen molar-refractivity contribution in [3.8, 4) is 5.75 Å². The molecule has 21 heavy (non-hydrogen) atoms. The molecule has 0 spiro atoms. The second-order valence-electron chi connectivity index (χ2n) is 5.45. The fourth-order valence-corrected chi connectivity index (χ4v) is 2.87. The Hall–Kier alpha value is -2.22. The fourth-order valence-electron chi connectivity index (χ4n) is 2.87. The number of benzene rings is 2. The Kier molecular flexibility index (Phi) is 3.96. The van der Waals surface area contributed by atoms with Crippen LogP contribution >= 0.6 is 0 Å². The van der Waals surface area contributed by atoms with E-state index in [-0.39, 0.29) is 0 Å². The maximum absolute atomic E-state index is 5.31. The summed E-state index contributed by atoms with van der Waals surface area (Å²) in [6.07, 6.45) is 5.57.